The molecule has 1 amide bonds. The summed E-state index contributed by atoms with van der Waals surface area (Å²) < 4.78 is 5.56. The van der Waals surface area contributed by atoms with E-state index in [-0.39, 0.29) is 12.0 Å². The Hall–Kier alpha value is -0.650. The van der Waals surface area contributed by atoms with Crippen LogP contribution in [0.1, 0.15) is 33.1 Å². The maximum absolute atomic E-state index is 13.0. The molecule has 0 bridgehead atoms. The van der Waals surface area contributed by atoms with Gasteiger partial charge in [-0.1, -0.05) is 13.3 Å². The molecule has 0 saturated carbocycles. The van der Waals surface area contributed by atoms with Gasteiger partial charge in [-0.2, -0.15) is 0 Å². The Bertz CT molecular complexity index is 377. The molecule has 120 valence electrons. The van der Waals surface area contributed by atoms with Gasteiger partial charge in [0.25, 0.3) is 0 Å². The number of rotatable bonds is 3. The topological polar surface area (TPSA) is 44.8 Å². The van der Waals surface area contributed by atoms with Crippen molar-refractivity contribution < 1.29 is 9.53 Å². The molecule has 5 heteroatoms. The Labute approximate surface area is 128 Å². The highest BCUT2D eigenvalue weighted by molar-refractivity contribution is 5.80. The van der Waals surface area contributed by atoms with E-state index in [0.29, 0.717) is 31.2 Å². The zero-order valence-electron chi connectivity index (χ0n) is 13.4. The number of hydrogen-bond donors (Lipinski definition) is 1. The Morgan fingerprint density at radius 1 is 1.29 bits per heavy atom. The van der Waals surface area contributed by atoms with E-state index in [0.717, 1.165) is 19.6 Å². The molecule has 4 atom stereocenters. The first-order chi connectivity index (χ1) is 10.2. The molecule has 0 aromatic carbocycles. The molecule has 3 fully saturated rings. The fraction of sp³-hybridized carbons (Fsp3) is 0.938. The number of nitrogens with one attached hydrogen (secondary N) is 1. The third-order valence-electron chi connectivity index (χ3n) is 5.33. The Kier molecular flexibility index (Phi) is 4.82. The molecule has 0 radical (unpaired) electrons. The van der Waals surface area contributed by atoms with Gasteiger partial charge in [0.1, 0.15) is 0 Å². The molecule has 1 N–H and O–H groups in total. The lowest BCUT2D eigenvalue weighted by molar-refractivity contribution is -0.143. The number of carbonyl (C=O) groups excluding carboxylic acids is 1. The Morgan fingerprint density at radius 2 is 2.14 bits per heavy atom. The average molecular weight is 295 g/mol. The predicted molar refractivity (Wildman–Crippen MR) is 82.2 cm³/mol. The van der Waals surface area contributed by atoms with Crippen LogP contribution in [0.5, 0.6) is 0 Å². The van der Waals surface area contributed by atoms with E-state index in [1.807, 2.05) is 0 Å². The minimum atomic E-state index is 0.00235. The van der Waals surface area contributed by atoms with Crippen molar-refractivity contribution in [3.8, 4) is 0 Å². The lowest BCUT2D eigenvalue weighted by Gasteiger charge is -2.48. The zero-order chi connectivity index (χ0) is 14.8. The van der Waals surface area contributed by atoms with Crippen LogP contribution < -0.4 is 5.32 Å². The highest BCUT2D eigenvalue weighted by atomic mass is 16.5. The van der Waals surface area contributed by atoms with Crippen LogP contribution >= 0.6 is 0 Å². The van der Waals surface area contributed by atoms with Crippen molar-refractivity contribution in [3.05, 3.63) is 0 Å². The van der Waals surface area contributed by atoms with Crippen LogP contribution in [0.2, 0.25) is 0 Å². The second kappa shape index (κ2) is 6.63. The van der Waals surface area contributed by atoms with Gasteiger partial charge < -0.3 is 15.0 Å². The molecule has 5 nitrogen and oxygen atoms in total. The molecule has 3 heterocycles. The highest BCUT2D eigenvalue weighted by Gasteiger charge is 2.41. The smallest absolute Gasteiger partial charge is 0.230 e. The number of likely N-dealkylation sites (N-methyl/N-ethyl adjacent to an activating group) is 1. The van der Waals surface area contributed by atoms with E-state index in [1.165, 1.54) is 25.8 Å². The first-order valence-corrected chi connectivity index (χ1v) is 8.56. The van der Waals surface area contributed by atoms with Gasteiger partial charge in [-0.05, 0) is 32.9 Å². The Morgan fingerprint density at radius 3 is 2.95 bits per heavy atom. The van der Waals surface area contributed by atoms with Gasteiger partial charge >= 0.3 is 0 Å². The Balaban J connectivity index is 1.66. The van der Waals surface area contributed by atoms with E-state index in [4.69, 9.17) is 4.74 Å². The van der Waals surface area contributed by atoms with Crippen LogP contribution in [0.3, 0.4) is 0 Å². The van der Waals surface area contributed by atoms with Gasteiger partial charge in [-0.15, -0.1) is 0 Å². The molecule has 3 rings (SSSR count). The van der Waals surface area contributed by atoms with Crippen LogP contribution in [0, 0.1) is 5.92 Å². The first kappa shape index (κ1) is 15.3. The first-order valence-electron chi connectivity index (χ1n) is 8.56. The largest absolute Gasteiger partial charge is 0.379 e. The van der Waals surface area contributed by atoms with Gasteiger partial charge in [0, 0.05) is 31.2 Å². The predicted octanol–water partition coefficient (Wildman–Crippen LogP) is 0.696. The summed E-state index contributed by atoms with van der Waals surface area (Å²) in [5.74, 6) is 0.304. The van der Waals surface area contributed by atoms with E-state index >= 15 is 0 Å². The second-order valence-electron chi connectivity index (χ2n) is 6.79. The van der Waals surface area contributed by atoms with Crippen molar-refractivity contribution in [3.63, 3.8) is 0 Å². The van der Waals surface area contributed by atoms with E-state index in [2.05, 4.69) is 29.0 Å². The average Bonchev–Trinajstić information content (AvgIpc) is 2.94. The van der Waals surface area contributed by atoms with E-state index in [1.54, 1.807) is 0 Å². The summed E-state index contributed by atoms with van der Waals surface area (Å²) in [6.07, 6.45) is 3.87. The summed E-state index contributed by atoms with van der Waals surface area (Å²) >= 11 is 0. The van der Waals surface area contributed by atoms with Gasteiger partial charge in [0.15, 0.2) is 0 Å². The van der Waals surface area contributed by atoms with Crippen molar-refractivity contribution in [2.75, 3.05) is 39.4 Å². The molecule has 21 heavy (non-hydrogen) atoms. The van der Waals surface area contributed by atoms with Crippen molar-refractivity contribution in [2.24, 2.45) is 5.92 Å². The van der Waals surface area contributed by atoms with Crippen molar-refractivity contribution in [1.29, 1.82) is 0 Å². The van der Waals surface area contributed by atoms with Crippen molar-refractivity contribution >= 4 is 5.91 Å². The molecule has 0 aromatic rings. The monoisotopic (exact) mass is 295 g/mol. The van der Waals surface area contributed by atoms with Crippen molar-refractivity contribution in [2.45, 2.75) is 51.2 Å². The molecule has 3 aliphatic heterocycles. The number of nitrogens with zero attached hydrogens (tertiary/aromatic N) is 2. The van der Waals surface area contributed by atoms with E-state index in [9.17, 15) is 4.79 Å². The van der Waals surface area contributed by atoms with Crippen LogP contribution in [-0.2, 0) is 9.53 Å². The summed E-state index contributed by atoms with van der Waals surface area (Å²) in [7, 11) is 0. The minimum Gasteiger partial charge on any atom is -0.379 e. The number of ether oxygens (including phenoxy) is 1. The standard InChI is InChI=1S/C16H29N3O2/c1-3-17-15-11-21-10-14(15)16(20)19-9-13-6-4-5-7-18(13)8-12(19)2/h12-15,17H,3-11H2,1-2H3. The number of carbonyl (C=O) groups is 1. The van der Waals surface area contributed by atoms with Gasteiger partial charge in [-0.25, -0.2) is 0 Å². The molecule has 3 aliphatic rings. The lowest BCUT2D eigenvalue weighted by Crippen LogP contribution is -2.62. The fourth-order valence-electron chi connectivity index (χ4n) is 4.13. The van der Waals surface area contributed by atoms with Crippen LogP contribution in [0.15, 0.2) is 0 Å². The number of piperazine rings is 1. The molecule has 0 spiro atoms. The maximum atomic E-state index is 13.0. The van der Waals surface area contributed by atoms with Crippen LogP contribution in [0.4, 0.5) is 0 Å². The number of piperidine rings is 1. The molecule has 0 aliphatic carbocycles. The van der Waals surface area contributed by atoms with Gasteiger partial charge in [0.2, 0.25) is 5.91 Å². The number of fused-ring (bicyclic) bond motifs is 1. The van der Waals surface area contributed by atoms with E-state index < -0.39 is 0 Å². The second-order valence-corrected chi connectivity index (χ2v) is 6.79. The summed E-state index contributed by atoms with van der Waals surface area (Å²) in [5.41, 5.74) is 0. The molecule has 4 unspecified atom stereocenters. The minimum absolute atomic E-state index is 0.00235. The van der Waals surface area contributed by atoms with Crippen molar-refractivity contribution in [1.82, 2.24) is 15.1 Å². The van der Waals surface area contributed by atoms with Gasteiger partial charge in [-0.3, -0.25) is 9.69 Å². The van der Waals surface area contributed by atoms with Gasteiger partial charge in [0.05, 0.1) is 19.1 Å². The SMILES string of the molecule is CCNC1COCC1C(=O)N1CC2CCCCN2CC1C. The third-order valence-corrected chi connectivity index (χ3v) is 5.33. The van der Waals surface area contributed by atoms with Crippen LogP contribution in [0.25, 0.3) is 0 Å². The number of hydrogen-bond acceptors (Lipinski definition) is 4. The fourth-order valence-corrected chi connectivity index (χ4v) is 4.13. The highest BCUT2D eigenvalue weighted by Crippen LogP contribution is 2.26. The normalized spacial score (nSPS) is 37.5. The lowest BCUT2D eigenvalue weighted by atomic mass is 9.94. The van der Waals surface area contributed by atoms with Crippen LogP contribution in [-0.4, -0.2) is 73.2 Å². The molecule has 3 saturated heterocycles. The molecular weight excluding hydrogens is 266 g/mol. The summed E-state index contributed by atoms with van der Waals surface area (Å²) in [4.78, 5) is 17.7. The summed E-state index contributed by atoms with van der Waals surface area (Å²) in [6.45, 7) is 9.58. The quantitative estimate of drug-likeness (QED) is 0.832. The third kappa shape index (κ3) is 3.10. The maximum Gasteiger partial charge on any atom is 0.230 e. The summed E-state index contributed by atoms with van der Waals surface area (Å²) in [5, 5.41) is 3.40. The molecular formula is C16H29N3O2. The molecule has 0 aromatic heterocycles. The number of amides is 1. The zero-order valence-corrected chi connectivity index (χ0v) is 13.4. The summed E-state index contributed by atoms with van der Waals surface area (Å²) in [6, 6.07) is 1.10.